The summed E-state index contributed by atoms with van der Waals surface area (Å²) in [7, 11) is 1.74. The third-order valence-electron chi connectivity index (χ3n) is 11.6. The van der Waals surface area contributed by atoms with Gasteiger partial charge >= 0.3 is 0 Å². The maximum atomic E-state index is 15.4. The average Bonchev–Trinajstić information content (AvgIpc) is 3.70. The van der Waals surface area contributed by atoms with E-state index in [1.807, 2.05) is 60.7 Å². The summed E-state index contributed by atoms with van der Waals surface area (Å²) in [5.74, 6) is -0.834. The minimum atomic E-state index is -1.60. The first-order valence-corrected chi connectivity index (χ1v) is 20.6. The van der Waals surface area contributed by atoms with Crippen molar-refractivity contribution >= 4 is 23.4 Å². The Morgan fingerprint density at radius 1 is 0.815 bits per heavy atom. The molecule has 2 aromatic rings. The lowest BCUT2D eigenvalue weighted by atomic mass is 9.67. The van der Waals surface area contributed by atoms with Gasteiger partial charge < -0.3 is 38.1 Å². The first-order valence-electron chi connectivity index (χ1n) is 20.6. The fourth-order valence-corrected chi connectivity index (χ4v) is 8.44. The molecule has 0 aromatic heterocycles. The Balaban J connectivity index is 1.65. The number of unbranched alkanes of at least 4 members (excludes halogenated alkanes) is 3. The SMILES string of the molecule is CN[C@@H](Cc1ccccc1)C(=O)N[C@@H](CCCCN)C(=O)N1CCC[C@H]1C(=O)C(CNCCCCCN)(C(=O)[C@H](N)CC1CCCCC1)c1ccccc1. The van der Waals surface area contributed by atoms with Crippen LogP contribution in [0, 0.1) is 5.92 Å². The zero-order valence-corrected chi connectivity index (χ0v) is 32.6. The van der Waals surface area contributed by atoms with Crippen LogP contribution in [0.15, 0.2) is 60.7 Å². The van der Waals surface area contributed by atoms with Crippen LogP contribution < -0.4 is 33.2 Å². The minimum Gasteiger partial charge on any atom is -0.343 e. The van der Waals surface area contributed by atoms with Crippen molar-refractivity contribution in [1.29, 1.82) is 0 Å². The van der Waals surface area contributed by atoms with E-state index in [0.717, 1.165) is 50.5 Å². The largest absolute Gasteiger partial charge is 0.343 e. The molecule has 4 rings (SSSR count). The van der Waals surface area contributed by atoms with Crippen molar-refractivity contribution in [2.75, 3.05) is 39.8 Å². The van der Waals surface area contributed by atoms with Crippen LogP contribution in [-0.4, -0.2) is 92.2 Å². The van der Waals surface area contributed by atoms with Crippen LogP contribution in [0.5, 0.6) is 0 Å². The van der Waals surface area contributed by atoms with E-state index in [9.17, 15) is 9.59 Å². The van der Waals surface area contributed by atoms with Crippen molar-refractivity contribution in [1.82, 2.24) is 20.9 Å². The van der Waals surface area contributed by atoms with Gasteiger partial charge in [0.2, 0.25) is 11.8 Å². The lowest BCUT2D eigenvalue weighted by Crippen LogP contribution is -2.62. The second-order valence-electron chi connectivity index (χ2n) is 15.4. The maximum Gasteiger partial charge on any atom is 0.245 e. The molecule has 0 bridgehead atoms. The summed E-state index contributed by atoms with van der Waals surface area (Å²) < 4.78 is 0. The molecular weight excluding hydrogens is 679 g/mol. The molecule has 2 fully saturated rings. The van der Waals surface area contributed by atoms with Crippen molar-refractivity contribution in [3.05, 3.63) is 71.8 Å². The number of rotatable bonds is 24. The van der Waals surface area contributed by atoms with E-state index < -0.39 is 29.6 Å². The number of likely N-dealkylation sites (N-methyl/N-ethyl adjacent to an activating group) is 1. The number of hydrogen-bond donors (Lipinski definition) is 6. The maximum absolute atomic E-state index is 15.4. The van der Waals surface area contributed by atoms with E-state index in [0.29, 0.717) is 82.6 Å². The van der Waals surface area contributed by atoms with Gasteiger partial charge in [0.25, 0.3) is 0 Å². The second kappa shape index (κ2) is 22.8. The van der Waals surface area contributed by atoms with Crippen LogP contribution in [0.3, 0.4) is 0 Å². The highest BCUT2D eigenvalue weighted by Crippen LogP contribution is 2.36. The van der Waals surface area contributed by atoms with Crippen molar-refractivity contribution in [3.63, 3.8) is 0 Å². The summed E-state index contributed by atoms with van der Waals surface area (Å²) in [5, 5.41) is 9.63. The van der Waals surface area contributed by atoms with E-state index in [-0.39, 0.29) is 29.9 Å². The first-order chi connectivity index (χ1) is 26.3. The Morgan fingerprint density at radius 3 is 2.15 bits per heavy atom. The Hall–Kier alpha value is -3.48. The van der Waals surface area contributed by atoms with Crippen LogP contribution in [0.1, 0.15) is 101 Å². The molecule has 11 heteroatoms. The van der Waals surface area contributed by atoms with Gasteiger partial charge in [-0.2, -0.15) is 0 Å². The number of nitrogens with two attached hydrogens (primary N) is 3. The third-order valence-corrected chi connectivity index (χ3v) is 11.6. The lowest BCUT2D eigenvalue weighted by Gasteiger charge is -2.39. The summed E-state index contributed by atoms with van der Waals surface area (Å²) in [4.78, 5) is 60.4. The smallest absolute Gasteiger partial charge is 0.245 e. The van der Waals surface area contributed by atoms with E-state index in [1.54, 1.807) is 11.9 Å². The van der Waals surface area contributed by atoms with E-state index in [2.05, 4.69) is 16.0 Å². The predicted octanol–water partition coefficient (Wildman–Crippen LogP) is 3.51. The molecule has 1 heterocycles. The molecule has 1 saturated heterocycles. The highest BCUT2D eigenvalue weighted by Gasteiger charge is 2.53. The van der Waals surface area contributed by atoms with Crippen molar-refractivity contribution in [2.45, 2.75) is 126 Å². The van der Waals surface area contributed by atoms with Gasteiger partial charge in [-0.3, -0.25) is 19.2 Å². The topological polar surface area (TPSA) is 186 Å². The van der Waals surface area contributed by atoms with Crippen LogP contribution in [0.25, 0.3) is 0 Å². The molecule has 1 saturated carbocycles. The Labute approximate surface area is 323 Å². The number of carbonyl (C=O) groups is 4. The summed E-state index contributed by atoms with van der Waals surface area (Å²) in [5.41, 5.74) is 18.4. The zero-order chi connectivity index (χ0) is 38.8. The summed E-state index contributed by atoms with van der Waals surface area (Å²) in [6.45, 7) is 2.15. The Morgan fingerprint density at radius 2 is 1.48 bits per heavy atom. The summed E-state index contributed by atoms with van der Waals surface area (Å²) in [6, 6.07) is 15.9. The Kier molecular flexibility index (Phi) is 18.3. The molecule has 1 unspecified atom stereocenters. The number of nitrogens with one attached hydrogen (secondary N) is 3. The molecule has 0 spiro atoms. The molecule has 54 heavy (non-hydrogen) atoms. The minimum absolute atomic E-state index is 0.0915. The molecule has 2 aromatic carbocycles. The van der Waals surface area contributed by atoms with Gasteiger partial charge in [-0.1, -0.05) is 99.2 Å². The molecule has 5 atom stereocenters. The molecule has 2 amide bonds. The van der Waals surface area contributed by atoms with Gasteiger partial charge in [-0.25, -0.2) is 0 Å². The van der Waals surface area contributed by atoms with E-state index in [4.69, 9.17) is 17.2 Å². The molecule has 9 N–H and O–H groups in total. The van der Waals surface area contributed by atoms with Gasteiger partial charge in [0.05, 0.1) is 18.1 Å². The predicted molar refractivity (Wildman–Crippen MR) is 216 cm³/mol. The number of benzene rings is 2. The molecule has 2 aliphatic rings. The number of Topliss-reactive ketones (excluding diaryl/α,β-unsaturated/α-hetero) is 2. The quantitative estimate of drug-likeness (QED) is 0.0691. The van der Waals surface area contributed by atoms with Gasteiger partial charge in [0.15, 0.2) is 11.6 Å². The monoisotopic (exact) mass is 746 g/mol. The van der Waals surface area contributed by atoms with Crippen molar-refractivity contribution < 1.29 is 19.2 Å². The number of likely N-dealkylation sites (tertiary alicyclic amines) is 1. The van der Waals surface area contributed by atoms with Crippen LogP contribution >= 0.6 is 0 Å². The number of nitrogens with zero attached hydrogens (tertiary/aromatic N) is 1. The second-order valence-corrected chi connectivity index (χ2v) is 15.4. The number of ketones is 2. The molecule has 0 radical (unpaired) electrons. The average molecular weight is 746 g/mol. The van der Waals surface area contributed by atoms with E-state index in [1.165, 1.54) is 6.42 Å². The standard InChI is InChI=1S/C43H67N7O4/c1-47-37(30-33-19-8-3-9-20-33)41(53)49-36(23-12-14-26-45)42(54)50-28-16-24-38(50)40(52)43(34-21-10-4-11-22-34,31-48-27-15-5-13-25-44)39(51)35(46)29-32-17-6-2-7-18-32/h3-4,8-11,19-22,32,35-38,47-48H,2,5-7,12-18,23-31,44-46H2,1H3,(H,49,53)/t35-,36+,37+,38+,43?/m1/s1. The highest BCUT2D eigenvalue weighted by atomic mass is 16.2. The number of amides is 2. The fourth-order valence-electron chi connectivity index (χ4n) is 8.44. The van der Waals surface area contributed by atoms with Crippen molar-refractivity contribution in [2.24, 2.45) is 23.1 Å². The zero-order valence-electron chi connectivity index (χ0n) is 32.6. The molecule has 1 aliphatic heterocycles. The van der Waals surface area contributed by atoms with Gasteiger partial charge in [0.1, 0.15) is 11.5 Å². The molecular formula is C43H67N7O4. The molecule has 1 aliphatic carbocycles. The highest BCUT2D eigenvalue weighted by molar-refractivity contribution is 6.17. The van der Waals surface area contributed by atoms with Crippen LogP contribution in [0.2, 0.25) is 0 Å². The number of carbonyl (C=O) groups excluding carboxylic acids is 4. The summed E-state index contributed by atoms with van der Waals surface area (Å²) in [6.07, 6.45) is 12.0. The normalized spacial score (nSPS) is 19.1. The molecule has 11 nitrogen and oxygen atoms in total. The molecule has 298 valence electrons. The van der Waals surface area contributed by atoms with Crippen LogP contribution in [-0.2, 0) is 31.0 Å². The van der Waals surface area contributed by atoms with Crippen molar-refractivity contribution in [3.8, 4) is 0 Å². The number of hydrogen-bond acceptors (Lipinski definition) is 9. The van der Waals surface area contributed by atoms with Gasteiger partial charge in [-0.15, -0.1) is 0 Å². The lowest BCUT2D eigenvalue weighted by molar-refractivity contribution is -0.145. The third kappa shape index (κ3) is 11.8. The Bertz CT molecular complexity index is 1440. The van der Waals surface area contributed by atoms with Gasteiger partial charge in [0, 0.05) is 13.1 Å². The first kappa shape index (κ1) is 43.3. The van der Waals surface area contributed by atoms with E-state index >= 15 is 9.59 Å². The van der Waals surface area contributed by atoms with Gasteiger partial charge in [-0.05, 0) is 102 Å². The van der Waals surface area contributed by atoms with Crippen LogP contribution in [0.4, 0.5) is 0 Å². The summed E-state index contributed by atoms with van der Waals surface area (Å²) >= 11 is 0. The fraction of sp³-hybridized carbons (Fsp3) is 0.628.